The predicted octanol–water partition coefficient (Wildman–Crippen LogP) is 6.16. The van der Waals surface area contributed by atoms with Crippen LogP contribution < -0.4 is 0 Å². The summed E-state index contributed by atoms with van der Waals surface area (Å²) in [6, 6.07) is 0. The van der Waals surface area contributed by atoms with Crippen LogP contribution in [-0.2, 0) is 19.0 Å². The van der Waals surface area contributed by atoms with Gasteiger partial charge in [0.05, 0.1) is 5.76 Å². The van der Waals surface area contributed by atoms with E-state index in [1.54, 1.807) is 11.1 Å². The van der Waals surface area contributed by atoms with Gasteiger partial charge in [0.25, 0.3) is 0 Å². The standard InChI is InChI=1S/C27H40O4/c1-6-29-24-14-18-13-23-21-8-7-19-15-20(31-17(3)28)9-11-26(19,4)22(21)10-12-27(23,5)25(18)16(2)30-24/h7,18,20-24H,6,8-15H2,1-5H3/t18-,20+,21-,22+,23+,24?,26+,27+/m1/s1. The molecule has 0 saturated heterocycles. The van der Waals surface area contributed by atoms with E-state index in [0.717, 1.165) is 49.2 Å². The van der Waals surface area contributed by atoms with Crippen LogP contribution in [0.5, 0.6) is 0 Å². The predicted molar refractivity (Wildman–Crippen MR) is 120 cm³/mol. The smallest absolute Gasteiger partial charge is 0.302 e. The zero-order valence-electron chi connectivity index (χ0n) is 20.0. The van der Waals surface area contributed by atoms with Crippen molar-refractivity contribution in [3.8, 4) is 0 Å². The van der Waals surface area contributed by atoms with Gasteiger partial charge in [-0.15, -0.1) is 0 Å². The maximum Gasteiger partial charge on any atom is 0.302 e. The molecule has 5 aliphatic rings. The van der Waals surface area contributed by atoms with Crippen LogP contribution in [0.4, 0.5) is 0 Å². The lowest BCUT2D eigenvalue weighted by atomic mass is 9.48. The molecule has 8 atom stereocenters. The zero-order chi connectivity index (χ0) is 22.0. The van der Waals surface area contributed by atoms with Crippen molar-refractivity contribution in [3.63, 3.8) is 0 Å². The number of esters is 1. The Balaban J connectivity index is 1.41. The Morgan fingerprint density at radius 1 is 1.16 bits per heavy atom. The first-order valence-electron chi connectivity index (χ1n) is 12.6. The Bertz CT molecular complexity index is 812. The van der Waals surface area contributed by atoms with Crippen molar-refractivity contribution in [1.29, 1.82) is 0 Å². The number of rotatable bonds is 3. The number of carbonyl (C=O) groups excluding carboxylic acids is 1. The van der Waals surface area contributed by atoms with Crippen molar-refractivity contribution in [2.75, 3.05) is 6.61 Å². The SMILES string of the molecule is CCOC1C[C@H]2C[C@H]3[C@@H]4CC=C5C[C@@H](OC(C)=O)CC[C@]5(C)[C@H]4CC[C@]3(C)C2=C(C)O1. The van der Waals surface area contributed by atoms with Gasteiger partial charge in [0.2, 0.25) is 0 Å². The molecule has 0 aromatic rings. The summed E-state index contributed by atoms with van der Waals surface area (Å²) in [6.45, 7) is 11.5. The molecule has 0 N–H and O–H groups in total. The van der Waals surface area contributed by atoms with Crippen molar-refractivity contribution >= 4 is 5.97 Å². The molecule has 172 valence electrons. The van der Waals surface area contributed by atoms with E-state index in [4.69, 9.17) is 14.2 Å². The first-order valence-corrected chi connectivity index (χ1v) is 12.6. The van der Waals surface area contributed by atoms with Crippen LogP contribution in [0.1, 0.15) is 86.0 Å². The highest BCUT2D eigenvalue weighted by Gasteiger charge is 2.60. The highest BCUT2D eigenvalue weighted by molar-refractivity contribution is 5.66. The molecule has 3 fully saturated rings. The number of ether oxygens (including phenoxy) is 3. The molecule has 0 bridgehead atoms. The first-order chi connectivity index (χ1) is 14.8. The first kappa shape index (κ1) is 21.6. The topological polar surface area (TPSA) is 44.8 Å². The maximum atomic E-state index is 11.5. The Labute approximate surface area is 187 Å². The summed E-state index contributed by atoms with van der Waals surface area (Å²) in [7, 11) is 0. The van der Waals surface area contributed by atoms with Crippen LogP contribution in [0, 0.1) is 34.5 Å². The van der Waals surface area contributed by atoms with E-state index in [1.165, 1.54) is 32.6 Å². The molecule has 1 heterocycles. The largest absolute Gasteiger partial charge is 0.470 e. The number of hydrogen-bond acceptors (Lipinski definition) is 4. The number of hydrogen-bond donors (Lipinski definition) is 0. The summed E-state index contributed by atoms with van der Waals surface area (Å²) in [5.74, 6) is 3.89. The van der Waals surface area contributed by atoms with Gasteiger partial charge >= 0.3 is 5.97 Å². The second-order valence-corrected chi connectivity index (χ2v) is 11.3. The van der Waals surface area contributed by atoms with E-state index in [9.17, 15) is 4.79 Å². The van der Waals surface area contributed by atoms with Gasteiger partial charge in [0, 0.05) is 26.4 Å². The summed E-state index contributed by atoms with van der Waals surface area (Å²) >= 11 is 0. The Kier molecular flexibility index (Phi) is 5.31. The third kappa shape index (κ3) is 3.31. The molecule has 0 aromatic carbocycles. The Morgan fingerprint density at radius 3 is 2.68 bits per heavy atom. The molecule has 0 aromatic heterocycles. The van der Waals surface area contributed by atoms with E-state index in [1.807, 2.05) is 0 Å². The average Bonchev–Trinajstić information content (AvgIpc) is 3.01. The van der Waals surface area contributed by atoms with Crippen molar-refractivity contribution in [2.24, 2.45) is 34.5 Å². The van der Waals surface area contributed by atoms with Crippen molar-refractivity contribution in [1.82, 2.24) is 0 Å². The van der Waals surface area contributed by atoms with Gasteiger partial charge in [-0.3, -0.25) is 4.79 Å². The molecule has 3 saturated carbocycles. The molecular formula is C27H40O4. The quantitative estimate of drug-likeness (QED) is 0.399. The van der Waals surface area contributed by atoms with E-state index >= 15 is 0 Å². The van der Waals surface area contributed by atoms with Crippen LogP contribution in [0.3, 0.4) is 0 Å². The van der Waals surface area contributed by atoms with Crippen LogP contribution in [0.25, 0.3) is 0 Å². The summed E-state index contributed by atoms with van der Waals surface area (Å²) in [5, 5.41) is 0. The van der Waals surface area contributed by atoms with Crippen molar-refractivity contribution in [2.45, 2.75) is 98.4 Å². The normalized spacial score (nSPS) is 46.2. The van der Waals surface area contributed by atoms with Crippen LogP contribution in [0.15, 0.2) is 23.0 Å². The van der Waals surface area contributed by atoms with Gasteiger partial charge in [-0.05, 0) is 92.4 Å². The van der Waals surface area contributed by atoms with Gasteiger partial charge in [0.1, 0.15) is 6.10 Å². The van der Waals surface area contributed by atoms with E-state index in [2.05, 4.69) is 33.8 Å². The summed E-state index contributed by atoms with van der Waals surface area (Å²) in [5.41, 5.74) is 3.75. The van der Waals surface area contributed by atoms with E-state index in [0.29, 0.717) is 12.5 Å². The molecule has 0 amide bonds. The van der Waals surface area contributed by atoms with E-state index in [-0.39, 0.29) is 29.2 Å². The molecule has 0 spiro atoms. The van der Waals surface area contributed by atoms with Gasteiger partial charge < -0.3 is 14.2 Å². The summed E-state index contributed by atoms with van der Waals surface area (Å²) < 4.78 is 17.7. The van der Waals surface area contributed by atoms with Crippen molar-refractivity contribution < 1.29 is 19.0 Å². The number of fused-ring (bicyclic) bond motifs is 7. The highest BCUT2D eigenvalue weighted by atomic mass is 16.7. The fraction of sp³-hybridized carbons (Fsp3) is 0.815. The minimum Gasteiger partial charge on any atom is -0.470 e. The van der Waals surface area contributed by atoms with Crippen LogP contribution in [0.2, 0.25) is 0 Å². The van der Waals surface area contributed by atoms with Crippen LogP contribution >= 0.6 is 0 Å². The molecular weight excluding hydrogens is 388 g/mol. The minimum atomic E-state index is -0.138. The third-order valence-electron chi connectivity index (χ3n) is 9.86. The van der Waals surface area contributed by atoms with Gasteiger partial charge in [-0.1, -0.05) is 25.5 Å². The van der Waals surface area contributed by atoms with E-state index < -0.39 is 0 Å². The Morgan fingerprint density at radius 2 is 1.94 bits per heavy atom. The number of carbonyl (C=O) groups is 1. The lowest BCUT2D eigenvalue weighted by Gasteiger charge is -2.57. The highest BCUT2D eigenvalue weighted by Crippen LogP contribution is 2.68. The molecule has 0 radical (unpaired) electrons. The fourth-order valence-electron chi connectivity index (χ4n) is 8.68. The van der Waals surface area contributed by atoms with Crippen molar-refractivity contribution in [3.05, 3.63) is 23.0 Å². The lowest BCUT2D eigenvalue weighted by Crippen LogP contribution is -2.49. The summed E-state index contributed by atoms with van der Waals surface area (Å²) in [6.07, 6.45) is 11.8. The molecule has 1 aliphatic heterocycles. The molecule has 4 nitrogen and oxygen atoms in total. The second kappa shape index (κ2) is 7.64. The second-order valence-electron chi connectivity index (χ2n) is 11.3. The number of allylic oxidation sites excluding steroid dienone is 3. The third-order valence-corrected chi connectivity index (χ3v) is 9.86. The Hall–Kier alpha value is -1.29. The summed E-state index contributed by atoms with van der Waals surface area (Å²) in [4.78, 5) is 11.5. The van der Waals surface area contributed by atoms with Crippen LogP contribution in [-0.4, -0.2) is 25.0 Å². The lowest BCUT2D eigenvalue weighted by molar-refractivity contribution is -0.148. The maximum absolute atomic E-state index is 11.5. The minimum absolute atomic E-state index is 0.0646. The van der Waals surface area contributed by atoms with Gasteiger partial charge in [-0.2, -0.15) is 0 Å². The average molecular weight is 429 g/mol. The molecule has 4 aliphatic carbocycles. The monoisotopic (exact) mass is 428 g/mol. The van der Waals surface area contributed by atoms with Gasteiger partial charge in [0.15, 0.2) is 6.29 Å². The fourth-order valence-corrected chi connectivity index (χ4v) is 8.68. The molecule has 4 heteroatoms. The van der Waals surface area contributed by atoms with Gasteiger partial charge in [-0.25, -0.2) is 0 Å². The molecule has 31 heavy (non-hydrogen) atoms. The zero-order valence-corrected chi connectivity index (χ0v) is 20.0. The molecule has 5 rings (SSSR count). The molecule has 1 unspecified atom stereocenters.